The van der Waals surface area contributed by atoms with E-state index in [1.165, 1.54) is 17.8 Å². The predicted molar refractivity (Wildman–Crippen MR) is 67.8 cm³/mol. The minimum atomic E-state index is -0.105. The largest absolute Gasteiger partial charge is 0.330 e. The van der Waals surface area contributed by atoms with Gasteiger partial charge >= 0.3 is 0 Å². The highest BCUT2D eigenvalue weighted by atomic mass is 32.1. The Morgan fingerprint density at radius 2 is 2.24 bits per heavy atom. The SMILES string of the molecule is NCCc1nc(C(=O)NN2CCCCC2)cs1. The Labute approximate surface area is 105 Å². The first-order chi connectivity index (χ1) is 8.29. The maximum Gasteiger partial charge on any atom is 0.285 e. The molecule has 0 unspecified atom stereocenters. The monoisotopic (exact) mass is 254 g/mol. The number of amides is 1. The normalized spacial score (nSPS) is 17.0. The van der Waals surface area contributed by atoms with E-state index in [4.69, 9.17) is 5.73 Å². The molecule has 0 saturated carbocycles. The molecule has 1 aromatic rings. The lowest BCUT2D eigenvalue weighted by Gasteiger charge is -2.26. The van der Waals surface area contributed by atoms with Crippen LogP contribution in [0.15, 0.2) is 5.38 Å². The fourth-order valence-electron chi connectivity index (χ4n) is 1.86. The van der Waals surface area contributed by atoms with Crippen LogP contribution in [-0.2, 0) is 6.42 Å². The predicted octanol–water partition coefficient (Wildman–Crippen LogP) is 0.775. The van der Waals surface area contributed by atoms with Gasteiger partial charge in [0.1, 0.15) is 5.69 Å². The Balaban J connectivity index is 1.89. The highest BCUT2D eigenvalue weighted by molar-refractivity contribution is 7.09. The van der Waals surface area contributed by atoms with Gasteiger partial charge in [0.2, 0.25) is 0 Å². The molecule has 6 heteroatoms. The van der Waals surface area contributed by atoms with Crippen LogP contribution >= 0.6 is 11.3 Å². The van der Waals surface area contributed by atoms with Crippen molar-refractivity contribution < 1.29 is 4.79 Å². The van der Waals surface area contributed by atoms with Crippen LogP contribution in [0.2, 0.25) is 0 Å². The number of carbonyl (C=O) groups excluding carboxylic acids is 1. The lowest BCUT2D eigenvalue weighted by molar-refractivity contribution is 0.0745. The van der Waals surface area contributed by atoms with Gasteiger partial charge in [-0.2, -0.15) is 0 Å². The van der Waals surface area contributed by atoms with Gasteiger partial charge in [-0.25, -0.2) is 9.99 Å². The van der Waals surface area contributed by atoms with Crippen LogP contribution in [0.5, 0.6) is 0 Å². The van der Waals surface area contributed by atoms with Gasteiger partial charge in [-0.3, -0.25) is 10.2 Å². The first-order valence-corrected chi connectivity index (χ1v) is 6.88. The molecule has 94 valence electrons. The van der Waals surface area contributed by atoms with Gasteiger partial charge in [0.15, 0.2) is 0 Å². The third-order valence-electron chi connectivity index (χ3n) is 2.76. The number of hydrogen-bond donors (Lipinski definition) is 2. The van der Waals surface area contributed by atoms with E-state index < -0.39 is 0 Å². The molecule has 2 rings (SSSR count). The van der Waals surface area contributed by atoms with Crippen LogP contribution in [0.3, 0.4) is 0 Å². The zero-order chi connectivity index (χ0) is 12.1. The van der Waals surface area contributed by atoms with Gasteiger partial charge in [-0.15, -0.1) is 11.3 Å². The van der Waals surface area contributed by atoms with Crippen LogP contribution < -0.4 is 11.2 Å². The summed E-state index contributed by atoms with van der Waals surface area (Å²) in [4.78, 5) is 16.2. The van der Waals surface area contributed by atoms with Crippen molar-refractivity contribution in [3.8, 4) is 0 Å². The fraction of sp³-hybridized carbons (Fsp3) is 0.636. The summed E-state index contributed by atoms with van der Waals surface area (Å²) in [7, 11) is 0. The second-order valence-corrected chi connectivity index (χ2v) is 5.10. The third-order valence-corrected chi connectivity index (χ3v) is 3.67. The molecule has 1 aliphatic heterocycles. The number of carbonyl (C=O) groups is 1. The van der Waals surface area contributed by atoms with Crippen molar-refractivity contribution >= 4 is 17.2 Å². The molecule has 1 aromatic heterocycles. The van der Waals surface area contributed by atoms with Gasteiger partial charge in [0.25, 0.3) is 5.91 Å². The second kappa shape index (κ2) is 6.09. The Hall–Kier alpha value is -0.980. The number of hydrazine groups is 1. The first-order valence-electron chi connectivity index (χ1n) is 6.00. The number of nitrogens with one attached hydrogen (secondary N) is 1. The molecule has 2 heterocycles. The summed E-state index contributed by atoms with van der Waals surface area (Å²) in [6, 6.07) is 0. The van der Waals surface area contributed by atoms with E-state index in [1.807, 2.05) is 5.01 Å². The van der Waals surface area contributed by atoms with Crippen molar-refractivity contribution in [2.45, 2.75) is 25.7 Å². The number of thiazole rings is 1. The molecular weight excluding hydrogens is 236 g/mol. The highest BCUT2D eigenvalue weighted by Crippen LogP contribution is 2.11. The van der Waals surface area contributed by atoms with Crippen LogP contribution in [0.4, 0.5) is 0 Å². The first kappa shape index (κ1) is 12.5. The highest BCUT2D eigenvalue weighted by Gasteiger charge is 2.16. The molecule has 3 N–H and O–H groups in total. The molecular formula is C11H18N4OS. The van der Waals surface area contributed by atoms with Gasteiger partial charge in [0.05, 0.1) is 5.01 Å². The number of hydrogen-bond acceptors (Lipinski definition) is 5. The summed E-state index contributed by atoms with van der Waals surface area (Å²) in [5, 5.41) is 4.70. The minimum absolute atomic E-state index is 0.105. The molecule has 0 aliphatic carbocycles. The van der Waals surface area contributed by atoms with Gasteiger partial charge in [0, 0.05) is 24.9 Å². The summed E-state index contributed by atoms with van der Waals surface area (Å²) in [5.74, 6) is -0.105. The van der Waals surface area contributed by atoms with Crippen LogP contribution in [0.25, 0.3) is 0 Å². The molecule has 1 saturated heterocycles. The van der Waals surface area contributed by atoms with Crippen LogP contribution in [0, 0.1) is 0 Å². The molecule has 0 atom stereocenters. The number of rotatable bonds is 4. The summed E-state index contributed by atoms with van der Waals surface area (Å²) in [6.07, 6.45) is 4.29. The third kappa shape index (κ3) is 3.49. The van der Waals surface area contributed by atoms with E-state index in [2.05, 4.69) is 10.4 Å². The molecule has 1 fully saturated rings. The molecule has 17 heavy (non-hydrogen) atoms. The smallest absolute Gasteiger partial charge is 0.285 e. The van der Waals surface area contributed by atoms with E-state index >= 15 is 0 Å². The van der Waals surface area contributed by atoms with Gasteiger partial charge in [-0.1, -0.05) is 6.42 Å². The average molecular weight is 254 g/mol. The molecule has 0 radical (unpaired) electrons. The lowest BCUT2D eigenvalue weighted by atomic mass is 10.2. The van der Waals surface area contributed by atoms with Crippen molar-refractivity contribution in [2.24, 2.45) is 5.73 Å². The summed E-state index contributed by atoms with van der Waals surface area (Å²) in [5.41, 5.74) is 8.85. The average Bonchev–Trinajstić information content (AvgIpc) is 2.79. The number of nitrogens with two attached hydrogens (primary N) is 1. The Kier molecular flexibility index (Phi) is 4.47. The van der Waals surface area contributed by atoms with Crippen molar-refractivity contribution in [3.63, 3.8) is 0 Å². The Morgan fingerprint density at radius 3 is 2.94 bits per heavy atom. The molecule has 5 nitrogen and oxygen atoms in total. The van der Waals surface area contributed by atoms with E-state index in [0.29, 0.717) is 12.2 Å². The van der Waals surface area contributed by atoms with Crippen molar-refractivity contribution in [2.75, 3.05) is 19.6 Å². The van der Waals surface area contributed by atoms with E-state index in [1.54, 1.807) is 5.38 Å². The lowest BCUT2D eigenvalue weighted by Crippen LogP contribution is -2.45. The zero-order valence-electron chi connectivity index (χ0n) is 9.82. The van der Waals surface area contributed by atoms with Crippen molar-refractivity contribution in [1.29, 1.82) is 0 Å². The number of aromatic nitrogens is 1. The quantitative estimate of drug-likeness (QED) is 0.833. The Bertz CT molecular complexity index is 373. The molecule has 0 spiro atoms. The number of piperidine rings is 1. The topological polar surface area (TPSA) is 71.2 Å². The summed E-state index contributed by atoms with van der Waals surface area (Å²) in [6.45, 7) is 2.44. The van der Waals surface area contributed by atoms with Crippen molar-refractivity contribution in [1.82, 2.24) is 15.4 Å². The molecule has 1 amide bonds. The maximum absolute atomic E-state index is 11.9. The fourth-order valence-corrected chi connectivity index (χ4v) is 2.65. The van der Waals surface area contributed by atoms with Gasteiger partial charge < -0.3 is 5.73 Å². The van der Waals surface area contributed by atoms with E-state index in [-0.39, 0.29) is 5.91 Å². The minimum Gasteiger partial charge on any atom is -0.330 e. The summed E-state index contributed by atoms with van der Waals surface area (Å²) < 4.78 is 0. The molecule has 0 bridgehead atoms. The van der Waals surface area contributed by atoms with Crippen LogP contribution in [-0.4, -0.2) is 35.5 Å². The van der Waals surface area contributed by atoms with Gasteiger partial charge in [-0.05, 0) is 19.4 Å². The van der Waals surface area contributed by atoms with E-state index in [0.717, 1.165) is 37.4 Å². The standard InChI is InChI=1S/C11H18N4OS/c12-5-4-10-13-9(8-17-10)11(16)14-15-6-2-1-3-7-15/h8H,1-7,12H2,(H,14,16). The molecule has 0 aromatic carbocycles. The maximum atomic E-state index is 11.9. The second-order valence-electron chi connectivity index (χ2n) is 4.15. The molecule has 1 aliphatic rings. The van der Waals surface area contributed by atoms with E-state index in [9.17, 15) is 4.79 Å². The number of nitrogens with zero attached hydrogens (tertiary/aromatic N) is 2. The van der Waals surface area contributed by atoms with Crippen molar-refractivity contribution in [3.05, 3.63) is 16.1 Å². The summed E-state index contributed by atoms with van der Waals surface area (Å²) >= 11 is 1.49. The Morgan fingerprint density at radius 1 is 1.47 bits per heavy atom. The van der Waals surface area contributed by atoms with Crippen LogP contribution in [0.1, 0.15) is 34.8 Å². The zero-order valence-corrected chi connectivity index (χ0v) is 10.6.